The lowest BCUT2D eigenvalue weighted by Gasteiger charge is -2.06. The smallest absolute Gasteiger partial charge is 0.238 e. The molecule has 2 heterocycles. The van der Waals surface area contributed by atoms with Crippen LogP contribution in [0, 0.1) is 0 Å². The van der Waals surface area contributed by atoms with Crippen LogP contribution in [0.3, 0.4) is 0 Å². The number of sulfonamides is 1. The summed E-state index contributed by atoms with van der Waals surface area (Å²) in [6.45, 7) is 0.482. The largest absolute Gasteiger partial charge is 0.356 e. The zero-order chi connectivity index (χ0) is 21.8. The number of fused-ring (bicyclic) bond motifs is 1. The van der Waals surface area contributed by atoms with Crippen LogP contribution in [0.15, 0.2) is 71.1 Å². The van der Waals surface area contributed by atoms with Gasteiger partial charge in [-0.3, -0.25) is 9.20 Å². The van der Waals surface area contributed by atoms with Gasteiger partial charge in [-0.15, -0.1) is 11.3 Å². The number of benzene rings is 2. The lowest BCUT2D eigenvalue weighted by atomic mass is 10.1. The van der Waals surface area contributed by atoms with Crippen molar-refractivity contribution in [3.8, 4) is 11.3 Å². The number of amides is 1. The molecule has 0 bridgehead atoms. The van der Waals surface area contributed by atoms with Gasteiger partial charge in [-0.1, -0.05) is 42.5 Å². The zero-order valence-electron chi connectivity index (χ0n) is 16.7. The molecule has 0 aliphatic rings. The molecule has 0 saturated heterocycles. The van der Waals surface area contributed by atoms with Crippen molar-refractivity contribution in [2.24, 2.45) is 5.14 Å². The highest BCUT2D eigenvalue weighted by Crippen LogP contribution is 2.24. The van der Waals surface area contributed by atoms with Crippen LogP contribution >= 0.6 is 11.3 Å². The number of carbonyl (C=O) groups excluding carboxylic acids is 1. The molecule has 7 nitrogen and oxygen atoms in total. The van der Waals surface area contributed by atoms with E-state index < -0.39 is 10.0 Å². The second-order valence-electron chi connectivity index (χ2n) is 7.16. The highest BCUT2D eigenvalue weighted by atomic mass is 32.2. The molecule has 2 aromatic carbocycles. The van der Waals surface area contributed by atoms with Crippen LogP contribution in [0.25, 0.3) is 16.2 Å². The average Bonchev–Trinajstić information content (AvgIpc) is 3.34. The summed E-state index contributed by atoms with van der Waals surface area (Å²) in [6, 6.07) is 16.4. The number of nitrogens with two attached hydrogens (primary N) is 1. The van der Waals surface area contributed by atoms with Gasteiger partial charge in [-0.25, -0.2) is 18.5 Å². The standard InChI is InChI=1S/C22H22N4O3S2/c23-31(28,29)19-9-6-16(7-10-19)12-13-24-21(27)11-8-18-15-30-22-25-20(14-26(18)22)17-4-2-1-3-5-17/h1-7,9-10,14-15H,8,11-13H2,(H,24,27)(H2,23,28,29). The number of aryl methyl sites for hydroxylation is 1. The van der Waals surface area contributed by atoms with Crippen molar-refractivity contribution >= 4 is 32.2 Å². The van der Waals surface area contributed by atoms with Crippen molar-refractivity contribution in [2.45, 2.75) is 24.2 Å². The maximum absolute atomic E-state index is 12.2. The molecule has 4 rings (SSSR count). The number of primary sulfonamides is 1. The number of nitrogens with zero attached hydrogens (tertiary/aromatic N) is 2. The summed E-state index contributed by atoms with van der Waals surface area (Å²) in [5.41, 5.74) is 3.98. The number of thiazole rings is 1. The summed E-state index contributed by atoms with van der Waals surface area (Å²) in [6.07, 6.45) is 3.63. The Hall–Kier alpha value is -3.01. The number of aromatic nitrogens is 2. The van der Waals surface area contributed by atoms with E-state index in [0.29, 0.717) is 25.8 Å². The molecule has 4 aromatic rings. The molecule has 0 fully saturated rings. The van der Waals surface area contributed by atoms with Crippen LogP contribution in [0.2, 0.25) is 0 Å². The van der Waals surface area contributed by atoms with E-state index >= 15 is 0 Å². The third kappa shape index (κ3) is 5.19. The van der Waals surface area contributed by atoms with Crippen LogP contribution in [-0.4, -0.2) is 30.3 Å². The summed E-state index contributed by atoms with van der Waals surface area (Å²) in [4.78, 5) is 17.9. The Kier molecular flexibility index (Phi) is 6.17. The Balaban J connectivity index is 1.29. The maximum Gasteiger partial charge on any atom is 0.238 e. The first kappa shape index (κ1) is 21.2. The molecule has 0 aliphatic heterocycles. The van der Waals surface area contributed by atoms with Gasteiger partial charge in [-0.05, 0) is 30.5 Å². The van der Waals surface area contributed by atoms with Crippen LogP contribution in [0.5, 0.6) is 0 Å². The van der Waals surface area contributed by atoms with Crippen LogP contribution in [-0.2, 0) is 27.7 Å². The van der Waals surface area contributed by atoms with Gasteiger partial charge >= 0.3 is 0 Å². The molecule has 31 heavy (non-hydrogen) atoms. The highest BCUT2D eigenvalue weighted by molar-refractivity contribution is 7.89. The predicted molar refractivity (Wildman–Crippen MR) is 121 cm³/mol. The minimum atomic E-state index is -3.69. The fourth-order valence-corrected chi connectivity index (χ4v) is 4.70. The van der Waals surface area contributed by atoms with E-state index in [2.05, 4.69) is 10.3 Å². The number of rotatable bonds is 8. The molecule has 2 aromatic heterocycles. The average molecular weight is 455 g/mol. The van der Waals surface area contributed by atoms with Crippen molar-refractivity contribution in [3.05, 3.63) is 77.4 Å². The number of imidazole rings is 1. The highest BCUT2D eigenvalue weighted by Gasteiger charge is 2.11. The molecule has 0 saturated carbocycles. The second kappa shape index (κ2) is 9.01. The van der Waals surface area contributed by atoms with Crippen molar-refractivity contribution in [2.75, 3.05) is 6.54 Å². The normalized spacial score (nSPS) is 11.6. The molecule has 0 atom stereocenters. The Labute approximate surface area is 184 Å². The summed E-state index contributed by atoms with van der Waals surface area (Å²) in [5, 5.41) is 10.0. The monoisotopic (exact) mass is 454 g/mol. The van der Waals surface area contributed by atoms with Crippen molar-refractivity contribution in [1.82, 2.24) is 14.7 Å². The summed E-state index contributed by atoms with van der Waals surface area (Å²) >= 11 is 1.57. The van der Waals surface area contributed by atoms with E-state index in [1.807, 2.05) is 46.3 Å². The topological polar surface area (TPSA) is 107 Å². The lowest BCUT2D eigenvalue weighted by molar-refractivity contribution is -0.121. The zero-order valence-corrected chi connectivity index (χ0v) is 18.3. The van der Waals surface area contributed by atoms with E-state index in [4.69, 9.17) is 5.14 Å². The van der Waals surface area contributed by atoms with Gasteiger partial charge in [0.15, 0.2) is 4.96 Å². The van der Waals surface area contributed by atoms with Gasteiger partial charge in [0, 0.05) is 35.8 Å². The van der Waals surface area contributed by atoms with E-state index in [1.165, 1.54) is 12.1 Å². The number of nitrogens with one attached hydrogen (secondary N) is 1. The number of hydrogen-bond donors (Lipinski definition) is 2. The van der Waals surface area contributed by atoms with Crippen molar-refractivity contribution in [3.63, 3.8) is 0 Å². The second-order valence-corrected chi connectivity index (χ2v) is 9.56. The molecule has 0 spiro atoms. The van der Waals surface area contributed by atoms with Gasteiger partial charge in [0.05, 0.1) is 10.6 Å². The molecule has 9 heteroatoms. The Morgan fingerprint density at radius 3 is 2.52 bits per heavy atom. The first-order valence-corrected chi connectivity index (χ1v) is 12.2. The number of hydrogen-bond acceptors (Lipinski definition) is 5. The Morgan fingerprint density at radius 2 is 1.81 bits per heavy atom. The van der Waals surface area contributed by atoms with E-state index in [9.17, 15) is 13.2 Å². The molecular formula is C22H22N4O3S2. The first-order valence-electron chi connectivity index (χ1n) is 9.79. The molecular weight excluding hydrogens is 432 g/mol. The van der Waals surface area contributed by atoms with E-state index in [-0.39, 0.29) is 10.8 Å². The molecule has 3 N–H and O–H groups in total. The van der Waals surface area contributed by atoms with E-state index in [1.54, 1.807) is 23.5 Å². The molecule has 0 aliphatic carbocycles. The Morgan fingerprint density at radius 1 is 1.06 bits per heavy atom. The first-order chi connectivity index (χ1) is 14.9. The van der Waals surface area contributed by atoms with Gasteiger partial charge in [0.25, 0.3) is 0 Å². The molecule has 1 amide bonds. The maximum atomic E-state index is 12.2. The van der Waals surface area contributed by atoms with Crippen LogP contribution in [0.1, 0.15) is 17.7 Å². The third-order valence-corrected chi connectivity index (χ3v) is 6.77. The fraction of sp³-hybridized carbons (Fsp3) is 0.182. The molecule has 0 unspecified atom stereocenters. The minimum Gasteiger partial charge on any atom is -0.356 e. The predicted octanol–water partition coefficient (Wildman–Crippen LogP) is 3.00. The lowest BCUT2D eigenvalue weighted by Crippen LogP contribution is -2.26. The van der Waals surface area contributed by atoms with E-state index in [0.717, 1.165) is 27.5 Å². The van der Waals surface area contributed by atoms with Crippen molar-refractivity contribution < 1.29 is 13.2 Å². The molecule has 0 radical (unpaired) electrons. The summed E-state index contributed by atoms with van der Waals surface area (Å²) < 4.78 is 24.6. The summed E-state index contributed by atoms with van der Waals surface area (Å²) in [5.74, 6) is -0.0242. The van der Waals surface area contributed by atoms with Gasteiger partial charge in [0.2, 0.25) is 15.9 Å². The quantitative estimate of drug-likeness (QED) is 0.427. The summed E-state index contributed by atoms with van der Waals surface area (Å²) in [7, 11) is -3.69. The fourth-order valence-electron chi connectivity index (χ4n) is 3.28. The number of carbonyl (C=O) groups is 1. The van der Waals surface area contributed by atoms with Gasteiger partial charge in [-0.2, -0.15) is 0 Å². The SMILES string of the molecule is NS(=O)(=O)c1ccc(CCNC(=O)CCc2csc3nc(-c4ccccc4)cn23)cc1. The third-order valence-electron chi connectivity index (χ3n) is 4.95. The van der Waals surface area contributed by atoms with Gasteiger partial charge < -0.3 is 5.32 Å². The minimum absolute atomic E-state index is 0.0242. The van der Waals surface area contributed by atoms with Crippen molar-refractivity contribution in [1.29, 1.82) is 0 Å². The van der Waals surface area contributed by atoms with Crippen LogP contribution in [0.4, 0.5) is 0 Å². The van der Waals surface area contributed by atoms with Crippen LogP contribution < -0.4 is 10.5 Å². The Bertz CT molecular complexity index is 1290. The van der Waals surface area contributed by atoms with Gasteiger partial charge in [0.1, 0.15) is 0 Å². The molecule has 160 valence electrons.